The molecule has 4 saturated carbocycles. The van der Waals surface area contributed by atoms with E-state index in [1.54, 1.807) is 6.42 Å². The Morgan fingerprint density at radius 1 is 0.615 bits per heavy atom. The minimum absolute atomic E-state index is 1.10. The summed E-state index contributed by atoms with van der Waals surface area (Å²) in [6.07, 6.45) is 1.61. The molecule has 72 valence electrons. The van der Waals surface area contributed by atoms with Gasteiger partial charge in [-0.05, 0) is 59.7 Å². The fourth-order valence-corrected chi connectivity index (χ4v) is 5.45. The van der Waals surface area contributed by atoms with Crippen LogP contribution in [0, 0.1) is 53.3 Å². The van der Waals surface area contributed by atoms with Gasteiger partial charge in [0.05, 0.1) is 0 Å². The zero-order valence-corrected chi connectivity index (χ0v) is 8.90. The van der Waals surface area contributed by atoms with Crippen LogP contribution in [0.15, 0.2) is 0 Å². The van der Waals surface area contributed by atoms with Crippen LogP contribution >= 0.6 is 0 Å². The van der Waals surface area contributed by atoms with Crippen LogP contribution in [0.5, 0.6) is 0 Å². The Labute approximate surface area is 81.1 Å². The first kappa shape index (κ1) is 7.31. The fraction of sp³-hybridized carbons (Fsp3) is 1.00. The lowest BCUT2D eigenvalue weighted by Gasteiger charge is -2.43. The highest BCUT2D eigenvalue weighted by molar-refractivity contribution is 5.20. The highest BCUT2D eigenvalue weighted by atomic mass is 14.8. The summed E-state index contributed by atoms with van der Waals surface area (Å²) in [5.74, 6) is 10.4. The summed E-state index contributed by atoms with van der Waals surface area (Å²) in [6.45, 7) is 7.49. The van der Waals surface area contributed by atoms with Crippen molar-refractivity contribution in [2.45, 2.75) is 27.2 Å². The molecule has 0 aromatic rings. The molecule has 0 amide bonds. The predicted octanol–water partition coefficient (Wildman–Crippen LogP) is 3.04. The van der Waals surface area contributed by atoms with Gasteiger partial charge < -0.3 is 0 Å². The van der Waals surface area contributed by atoms with Crippen molar-refractivity contribution >= 4 is 0 Å². The smallest absolute Gasteiger partial charge is 0.0318 e. The Morgan fingerprint density at radius 2 is 1.31 bits per heavy atom. The summed E-state index contributed by atoms with van der Waals surface area (Å²) in [6, 6.07) is 0. The topological polar surface area (TPSA) is 0 Å². The molecular formula is C13H20. The molecule has 4 rings (SSSR count). The molecule has 0 bridgehead atoms. The van der Waals surface area contributed by atoms with Crippen molar-refractivity contribution in [3.63, 3.8) is 0 Å². The normalized spacial score (nSPS) is 77.3. The Balaban J connectivity index is 1.52. The van der Waals surface area contributed by atoms with Crippen molar-refractivity contribution in [3.05, 3.63) is 0 Å². The highest BCUT2D eigenvalue weighted by Crippen LogP contribution is 2.77. The summed E-state index contributed by atoms with van der Waals surface area (Å²) in [4.78, 5) is 0. The van der Waals surface area contributed by atoms with Gasteiger partial charge in [-0.2, -0.15) is 0 Å². The molecule has 4 aliphatic carbocycles. The summed E-state index contributed by atoms with van der Waals surface area (Å²) < 4.78 is 0. The van der Waals surface area contributed by atoms with Crippen molar-refractivity contribution in [2.75, 3.05) is 0 Å². The van der Waals surface area contributed by atoms with Gasteiger partial charge in [-0.25, -0.2) is 0 Å². The zero-order chi connectivity index (χ0) is 8.90. The van der Waals surface area contributed by atoms with Crippen LogP contribution in [-0.2, 0) is 0 Å². The van der Waals surface area contributed by atoms with Gasteiger partial charge in [0.2, 0.25) is 0 Å². The van der Waals surface area contributed by atoms with Crippen LogP contribution < -0.4 is 0 Å². The van der Waals surface area contributed by atoms with Crippen LogP contribution in [0.25, 0.3) is 0 Å². The molecule has 0 heteroatoms. The van der Waals surface area contributed by atoms with Crippen molar-refractivity contribution in [1.29, 1.82) is 0 Å². The number of hydrogen-bond donors (Lipinski definition) is 0. The lowest BCUT2D eigenvalue weighted by Crippen LogP contribution is -2.38. The van der Waals surface area contributed by atoms with E-state index in [1.165, 1.54) is 29.6 Å². The Morgan fingerprint density at radius 3 is 1.69 bits per heavy atom. The third-order valence-electron chi connectivity index (χ3n) is 6.35. The van der Waals surface area contributed by atoms with Gasteiger partial charge in [0, 0.05) is 0 Å². The van der Waals surface area contributed by atoms with E-state index in [4.69, 9.17) is 0 Å². The van der Waals surface area contributed by atoms with E-state index in [1.807, 2.05) is 0 Å². The number of rotatable bonds is 1. The molecule has 9 unspecified atom stereocenters. The molecule has 0 N–H and O–H groups in total. The molecular weight excluding hydrogens is 156 g/mol. The Bertz CT molecular complexity index is 259. The number of fused-ring (bicyclic) bond motifs is 2. The molecule has 0 aromatic heterocycles. The van der Waals surface area contributed by atoms with Crippen molar-refractivity contribution < 1.29 is 0 Å². The summed E-state index contributed by atoms with van der Waals surface area (Å²) in [5, 5.41) is 0. The van der Waals surface area contributed by atoms with Gasteiger partial charge in [0.15, 0.2) is 0 Å². The fourth-order valence-electron chi connectivity index (χ4n) is 5.45. The minimum atomic E-state index is 1.10. The quantitative estimate of drug-likeness (QED) is 0.576. The van der Waals surface area contributed by atoms with Crippen molar-refractivity contribution in [2.24, 2.45) is 53.3 Å². The van der Waals surface area contributed by atoms with Gasteiger partial charge >= 0.3 is 0 Å². The maximum Gasteiger partial charge on any atom is -0.0318 e. The molecule has 0 heterocycles. The largest absolute Gasteiger partial charge is 0.0619 e. The average Bonchev–Trinajstić information content (AvgIpc) is 2.79. The SMILES string of the molecule is CC1C2CC(C3C(C)C4C(C)C43)C12. The van der Waals surface area contributed by atoms with E-state index in [0.717, 1.165) is 23.7 Å². The highest BCUT2D eigenvalue weighted by Gasteiger charge is 2.72. The first-order chi connectivity index (χ1) is 6.22. The first-order valence-electron chi connectivity index (χ1n) is 6.22. The molecule has 0 spiro atoms. The monoisotopic (exact) mass is 176 g/mol. The first-order valence-corrected chi connectivity index (χ1v) is 6.22. The van der Waals surface area contributed by atoms with Gasteiger partial charge in [-0.15, -0.1) is 0 Å². The van der Waals surface area contributed by atoms with Crippen LogP contribution in [0.1, 0.15) is 27.2 Å². The average molecular weight is 176 g/mol. The minimum Gasteiger partial charge on any atom is -0.0619 e. The summed E-state index contributed by atoms with van der Waals surface area (Å²) in [7, 11) is 0. The Hall–Kier alpha value is 0. The molecule has 0 aromatic carbocycles. The molecule has 0 nitrogen and oxygen atoms in total. The van der Waals surface area contributed by atoms with E-state index in [-0.39, 0.29) is 0 Å². The lowest BCUT2D eigenvalue weighted by atomic mass is 9.61. The lowest BCUT2D eigenvalue weighted by molar-refractivity contribution is 0.0428. The molecule has 0 saturated heterocycles. The van der Waals surface area contributed by atoms with Gasteiger partial charge in [0.25, 0.3) is 0 Å². The molecule has 4 fully saturated rings. The van der Waals surface area contributed by atoms with Crippen LogP contribution in [0.2, 0.25) is 0 Å². The molecule has 9 atom stereocenters. The third-order valence-corrected chi connectivity index (χ3v) is 6.35. The van der Waals surface area contributed by atoms with Gasteiger partial charge in [0.1, 0.15) is 0 Å². The number of hydrogen-bond acceptors (Lipinski definition) is 0. The molecule has 0 radical (unpaired) electrons. The van der Waals surface area contributed by atoms with E-state index in [2.05, 4.69) is 20.8 Å². The van der Waals surface area contributed by atoms with Crippen LogP contribution in [0.4, 0.5) is 0 Å². The van der Waals surface area contributed by atoms with E-state index < -0.39 is 0 Å². The maximum absolute atomic E-state index is 2.52. The van der Waals surface area contributed by atoms with Crippen LogP contribution in [0.3, 0.4) is 0 Å². The van der Waals surface area contributed by atoms with Crippen molar-refractivity contribution in [1.82, 2.24) is 0 Å². The predicted molar refractivity (Wildman–Crippen MR) is 53.0 cm³/mol. The van der Waals surface area contributed by atoms with Gasteiger partial charge in [-0.3, -0.25) is 0 Å². The standard InChI is InChI=1S/C13H20/c1-5-8-4-9(11(5)8)12-6(2)10-7(3)13(10)12/h5-13H,4H2,1-3H3. The summed E-state index contributed by atoms with van der Waals surface area (Å²) >= 11 is 0. The molecule has 0 aliphatic heterocycles. The third kappa shape index (κ3) is 0.620. The van der Waals surface area contributed by atoms with Crippen molar-refractivity contribution in [3.8, 4) is 0 Å². The zero-order valence-electron chi connectivity index (χ0n) is 8.90. The second kappa shape index (κ2) is 1.85. The van der Waals surface area contributed by atoms with E-state index >= 15 is 0 Å². The molecule has 13 heavy (non-hydrogen) atoms. The maximum atomic E-state index is 2.52. The second-order valence-electron chi connectivity index (χ2n) is 6.45. The Kier molecular flexibility index (Phi) is 1.04. The van der Waals surface area contributed by atoms with Gasteiger partial charge in [-0.1, -0.05) is 20.8 Å². The summed E-state index contributed by atoms with van der Waals surface area (Å²) in [5.41, 5.74) is 0. The van der Waals surface area contributed by atoms with E-state index in [0.29, 0.717) is 0 Å². The van der Waals surface area contributed by atoms with Crippen LogP contribution in [-0.4, -0.2) is 0 Å². The molecule has 4 aliphatic rings. The van der Waals surface area contributed by atoms with E-state index in [9.17, 15) is 0 Å². The second-order valence-corrected chi connectivity index (χ2v) is 6.45.